The molecule has 2 rings (SSSR count). The first-order valence-corrected chi connectivity index (χ1v) is 8.39. The molecular weight excluding hydrogens is 294 g/mol. The van der Waals surface area contributed by atoms with E-state index in [9.17, 15) is 8.42 Å². The van der Waals surface area contributed by atoms with Crippen molar-refractivity contribution in [2.24, 2.45) is 0 Å². The lowest BCUT2D eigenvalue weighted by molar-refractivity contribution is 0.596. The molecule has 0 amide bonds. The SMILES string of the molecule is Cc1ccccc1N(Cc1ccccc1Cl)S(C)(=O)=O. The first kappa shape index (κ1) is 14.9. The average Bonchev–Trinajstić information content (AvgIpc) is 2.38. The fraction of sp³-hybridized carbons (Fsp3) is 0.200. The lowest BCUT2D eigenvalue weighted by Gasteiger charge is -2.24. The zero-order valence-electron chi connectivity index (χ0n) is 11.4. The molecule has 2 aromatic rings. The Morgan fingerprint density at radius 1 is 1.05 bits per heavy atom. The highest BCUT2D eigenvalue weighted by atomic mass is 35.5. The molecule has 0 bridgehead atoms. The van der Waals surface area contributed by atoms with Crippen LogP contribution in [0.25, 0.3) is 0 Å². The van der Waals surface area contributed by atoms with Crippen LogP contribution in [0.3, 0.4) is 0 Å². The van der Waals surface area contributed by atoms with E-state index in [2.05, 4.69) is 0 Å². The van der Waals surface area contributed by atoms with E-state index in [4.69, 9.17) is 11.6 Å². The Balaban J connectivity index is 2.46. The number of benzene rings is 2. The predicted molar refractivity (Wildman–Crippen MR) is 83.7 cm³/mol. The van der Waals surface area contributed by atoms with Crippen molar-refractivity contribution in [3.63, 3.8) is 0 Å². The molecule has 0 aliphatic carbocycles. The van der Waals surface area contributed by atoms with Gasteiger partial charge in [0.2, 0.25) is 10.0 Å². The van der Waals surface area contributed by atoms with Crippen molar-refractivity contribution in [2.75, 3.05) is 10.6 Å². The second-order valence-electron chi connectivity index (χ2n) is 4.65. The van der Waals surface area contributed by atoms with Crippen LogP contribution in [0.15, 0.2) is 48.5 Å². The fourth-order valence-corrected chi connectivity index (χ4v) is 3.14. The minimum absolute atomic E-state index is 0.226. The molecule has 0 aliphatic heterocycles. The van der Waals surface area contributed by atoms with E-state index in [-0.39, 0.29) is 6.54 Å². The monoisotopic (exact) mass is 309 g/mol. The van der Waals surface area contributed by atoms with E-state index < -0.39 is 10.0 Å². The van der Waals surface area contributed by atoms with Gasteiger partial charge in [0.25, 0.3) is 0 Å². The van der Waals surface area contributed by atoms with E-state index >= 15 is 0 Å². The summed E-state index contributed by atoms with van der Waals surface area (Å²) in [6.45, 7) is 2.11. The van der Waals surface area contributed by atoms with Gasteiger partial charge in [-0.25, -0.2) is 8.42 Å². The first-order valence-electron chi connectivity index (χ1n) is 6.16. The smallest absolute Gasteiger partial charge is 0.232 e. The molecule has 0 unspecified atom stereocenters. The molecule has 0 spiro atoms. The Labute approximate surface area is 124 Å². The van der Waals surface area contributed by atoms with Gasteiger partial charge in [0.1, 0.15) is 0 Å². The molecule has 0 saturated carbocycles. The highest BCUT2D eigenvalue weighted by Gasteiger charge is 2.20. The third-order valence-corrected chi connectivity index (χ3v) is 4.55. The van der Waals surface area contributed by atoms with E-state index in [0.717, 1.165) is 11.1 Å². The number of nitrogens with zero attached hydrogens (tertiary/aromatic N) is 1. The molecular formula is C15H16ClNO2S. The molecule has 0 aromatic heterocycles. The zero-order chi connectivity index (χ0) is 14.8. The number of halogens is 1. The molecule has 5 heteroatoms. The maximum Gasteiger partial charge on any atom is 0.232 e. The van der Waals surface area contributed by atoms with Gasteiger partial charge in [-0.05, 0) is 30.2 Å². The van der Waals surface area contributed by atoms with Crippen molar-refractivity contribution in [1.29, 1.82) is 0 Å². The summed E-state index contributed by atoms with van der Waals surface area (Å²) in [5.41, 5.74) is 2.36. The Bertz CT molecular complexity index is 713. The summed E-state index contributed by atoms with van der Waals surface area (Å²) in [6.07, 6.45) is 1.20. The summed E-state index contributed by atoms with van der Waals surface area (Å²) in [7, 11) is -3.38. The quantitative estimate of drug-likeness (QED) is 0.865. The van der Waals surface area contributed by atoms with Crippen LogP contribution in [0.4, 0.5) is 5.69 Å². The number of hydrogen-bond donors (Lipinski definition) is 0. The molecule has 106 valence electrons. The largest absolute Gasteiger partial charge is 0.266 e. The predicted octanol–water partition coefficient (Wildman–Crippen LogP) is 3.61. The molecule has 20 heavy (non-hydrogen) atoms. The Kier molecular flexibility index (Phi) is 4.35. The molecule has 2 aromatic carbocycles. The molecule has 0 aliphatic rings. The summed E-state index contributed by atoms with van der Waals surface area (Å²) in [5.74, 6) is 0. The van der Waals surface area contributed by atoms with Crippen LogP contribution >= 0.6 is 11.6 Å². The van der Waals surface area contributed by atoms with Gasteiger partial charge in [-0.1, -0.05) is 48.0 Å². The molecule has 0 saturated heterocycles. The summed E-state index contributed by atoms with van der Waals surface area (Å²) in [6, 6.07) is 14.7. The van der Waals surface area contributed by atoms with Crippen LogP contribution in [-0.2, 0) is 16.6 Å². The van der Waals surface area contributed by atoms with Crippen molar-refractivity contribution in [2.45, 2.75) is 13.5 Å². The summed E-state index contributed by atoms with van der Waals surface area (Å²) < 4.78 is 25.5. The van der Waals surface area contributed by atoms with Crippen LogP contribution in [0.1, 0.15) is 11.1 Å². The lowest BCUT2D eigenvalue weighted by Crippen LogP contribution is -2.30. The molecule has 0 radical (unpaired) electrons. The number of hydrogen-bond acceptors (Lipinski definition) is 2. The van der Waals surface area contributed by atoms with Gasteiger partial charge in [0.05, 0.1) is 18.5 Å². The molecule has 0 N–H and O–H groups in total. The summed E-state index contributed by atoms with van der Waals surface area (Å²) in [4.78, 5) is 0. The summed E-state index contributed by atoms with van der Waals surface area (Å²) in [5, 5.41) is 0.565. The highest BCUT2D eigenvalue weighted by Crippen LogP contribution is 2.26. The van der Waals surface area contributed by atoms with Gasteiger partial charge < -0.3 is 0 Å². The average molecular weight is 310 g/mol. The van der Waals surface area contributed by atoms with Crippen LogP contribution in [0.5, 0.6) is 0 Å². The van der Waals surface area contributed by atoms with Crippen LogP contribution in [0, 0.1) is 6.92 Å². The zero-order valence-corrected chi connectivity index (χ0v) is 12.9. The van der Waals surface area contributed by atoms with E-state index in [1.807, 2.05) is 43.3 Å². The standard InChI is InChI=1S/C15H16ClNO2S/c1-12-7-3-6-10-15(12)17(20(2,18)19)11-13-8-4-5-9-14(13)16/h3-10H,11H2,1-2H3. The lowest BCUT2D eigenvalue weighted by atomic mass is 10.2. The van der Waals surface area contributed by atoms with Gasteiger partial charge in [-0.2, -0.15) is 0 Å². The van der Waals surface area contributed by atoms with Crippen molar-refractivity contribution in [3.05, 3.63) is 64.7 Å². The van der Waals surface area contributed by atoms with E-state index in [1.54, 1.807) is 12.1 Å². The van der Waals surface area contributed by atoms with Gasteiger partial charge in [0.15, 0.2) is 0 Å². The Hall–Kier alpha value is -1.52. The van der Waals surface area contributed by atoms with Crippen molar-refractivity contribution in [3.8, 4) is 0 Å². The maximum absolute atomic E-state index is 12.1. The van der Waals surface area contributed by atoms with E-state index in [1.165, 1.54) is 10.6 Å². The molecule has 0 atom stereocenters. The van der Waals surface area contributed by atoms with Crippen LogP contribution in [0.2, 0.25) is 5.02 Å². The Morgan fingerprint density at radius 2 is 1.65 bits per heavy atom. The van der Waals surface area contributed by atoms with Gasteiger partial charge in [-0.15, -0.1) is 0 Å². The van der Waals surface area contributed by atoms with Crippen molar-refractivity contribution >= 4 is 27.3 Å². The second-order valence-corrected chi connectivity index (χ2v) is 6.96. The third kappa shape index (κ3) is 3.32. The highest BCUT2D eigenvalue weighted by molar-refractivity contribution is 7.92. The van der Waals surface area contributed by atoms with Crippen LogP contribution in [-0.4, -0.2) is 14.7 Å². The topological polar surface area (TPSA) is 37.4 Å². The van der Waals surface area contributed by atoms with Gasteiger partial charge in [0, 0.05) is 5.02 Å². The van der Waals surface area contributed by atoms with Gasteiger partial charge >= 0.3 is 0 Å². The third-order valence-electron chi connectivity index (χ3n) is 3.06. The second kappa shape index (κ2) is 5.85. The maximum atomic E-state index is 12.1. The van der Waals surface area contributed by atoms with Gasteiger partial charge in [-0.3, -0.25) is 4.31 Å². The Morgan fingerprint density at radius 3 is 2.25 bits per heavy atom. The van der Waals surface area contributed by atoms with Crippen molar-refractivity contribution in [1.82, 2.24) is 0 Å². The molecule has 0 heterocycles. The minimum Gasteiger partial charge on any atom is -0.266 e. The number of anilines is 1. The molecule has 3 nitrogen and oxygen atoms in total. The number of rotatable bonds is 4. The summed E-state index contributed by atoms with van der Waals surface area (Å²) >= 11 is 6.12. The number of para-hydroxylation sites is 1. The fourth-order valence-electron chi connectivity index (χ4n) is 2.01. The number of aryl methyl sites for hydroxylation is 1. The minimum atomic E-state index is -3.38. The normalized spacial score (nSPS) is 11.3. The van der Waals surface area contributed by atoms with Crippen LogP contribution < -0.4 is 4.31 Å². The molecule has 0 fully saturated rings. The van der Waals surface area contributed by atoms with E-state index in [0.29, 0.717) is 10.7 Å². The first-order chi connectivity index (χ1) is 9.39. The van der Waals surface area contributed by atoms with Crippen molar-refractivity contribution < 1.29 is 8.42 Å². The number of sulfonamides is 1.